The molecule has 0 aliphatic rings. The monoisotopic (exact) mass is 156 g/mol. The van der Waals surface area contributed by atoms with E-state index in [2.05, 4.69) is 19.4 Å². The molecule has 0 amide bonds. The van der Waals surface area contributed by atoms with Crippen LogP contribution in [0.25, 0.3) is 0 Å². The van der Waals surface area contributed by atoms with E-state index in [1.54, 1.807) is 13.8 Å². The molecule has 0 aromatic carbocycles. The number of ether oxygens (including phenoxy) is 1. The summed E-state index contributed by atoms with van der Waals surface area (Å²) in [7, 11) is 0. The van der Waals surface area contributed by atoms with E-state index < -0.39 is 5.97 Å². The summed E-state index contributed by atoms with van der Waals surface area (Å²) in [4.78, 5) is 14.5. The molecule has 5 nitrogen and oxygen atoms in total. The van der Waals surface area contributed by atoms with Gasteiger partial charge in [-0.15, -0.1) is 0 Å². The smallest absolute Gasteiger partial charge is 0.379 e. The van der Waals surface area contributed by atoms with Gasteiger partial charge in [0.2, 0.25) is 5.89 Å². The molecule has 0 saturated heterocycles. The Morgan fingerprint density at radius 2 is 2.45 bits per heavy atom. The minimum Gasteiger partial charge on any atom is -0.460 e. The maximum absolute atomic E-state index is 10.9. The molecule has 0 fully saturated rings. The summed E-state index contributed by atoms with van der Waals surface area (Å²) in [6.07, 6.45) is 0. The van der Waals surface area contributed by atoms with E-state index in [4.69, 9.17) is 0 Å². The number of carbonyl (C=O) groups excluding carboxylic acids is 1. The van der Waals surface area contributed by atoms with Gasteiger partial charge in [-0.05, 0) is 12.1 Å². The summed E-state index contributed by atoms with van der Waals surface area (Å²) >= 11 is 0. The Morgan fingerprint density at radius 1 is 1.73 bits per heavy atom. The zero-order chi connectivity index (χ0) is 8.27. The zero-order valence-electron chi connectivity index (χ0n) is 6.33. The van der Waals surface area contributed by atoms with E-state index in [0.717, 1.165) is 0 Å². The van der Waals surface area contributed by atoms with Gasteiger partial charge in [0.25, 0.3) is 5.82 Å². The number of hydrogen-bond donors (Lipinski definition) is 0. The Morgan fingerprint density at radius 3 is 2.91 bits per heavy atom. The van der Waals surface area contributed by atoms with Gasteiger partial charge in [0.05, 0.1) is 6.61 Å². The van der Waals surface area contributed by atoms with Crippen LogP contribution in [0.5, 0.6) is 0 Å². The van der Waals surface area contributed by atoms with Crippen molar-refractivity contribution in [2.24, 2.45) is 0 Å². The third-order valence-corrected chi connectivity index (χ3v) is 0.986. The van der Waals surface area contributed by atoms with Gasteiger partial charge in [-0.25, -0.2) is 4.79 Å². The Kier molecular flexibility index (Phi) is 2.20. The maximum Gasteiger partial charge on any atom is 0.379 e. The Hall–Kier alpha value is -1.39. The number of carbonyl (C=O) groups is 1. The Balaban J connectivity index is 2.69. The van der Waals surface area contributed by atoms with Crippen LogP contribution in [0, 0.1) is 6.92 Å². The number of rotatable bonds is 2. The Labute approximate surface area is 63.4 Å². The number of aromatic nitrogens is 2. The van der Waals surface area contributed by atoms with Crippen molar-refractivity contribution < 1.29 is 14.1 Å². The maximum atomic E-state index is 10.9. The highest BCUT2D eigenvalue weighted by molar-refractivity contribution is 5.84. The predicted octanol–water partition coefficient (Wildman–Crippen LogP) is 0.555. The second-order valence-corrected chi connectivity index (χ2v) is 1.86. The first-order chi connectivity index (χ1) is 5.24. The molecule has 60 valence electrons. The molecule has 0 N–H and O–H groups in total. The highest BCUT2D eigenvalue weighted by atomic mass is 16.5. The lowest BCUT2D eigenvalue weighted by atomic mass is 10.6. The lowest BCUT2D eigenvalue weighted by molar-refractivity contribution is 0.0508. The molecule has 1 aromatic heterocycles. The van der Waals surface area contributed by atoms with Crippen molar-refractivity contribution in [3.05, 3.63) is 11.7 Å². The second kappa shape index (κ2) is 3.14. The molecule has 0 aliphatic heterocycles. The third kappa shape index (κ3) is 1.76. The lowest BCUT2D eigenvalue weighted by Gasteiger charge is -1.93. The first kappa shape index (κ1) is 7.71. The van der Waals surface area contributed by atoms with Crippen LogP contribution in [0.1, 0.15) is 23.4 Å². The summed E-state index contributed by atoms with van der Waals surface area (Å²) in [5.41, 5.74) is 0. The van der Waals surface area contributed by atoms with Crippen molar-refractivity contribution in [2.45, 2.75) is 13.8 Å². The number of aryl methyl sites for hydroxylation is 1. The van der Waals surface area contributed by atoms with Crippen LogP contribution in [0.4, 0.5) is 0 Å². The van der Waals surface area contributed by atoms with Gasteiger partial charge in [-0.1, -0.05) is 0 Å². The van der Waals surface area contributed by atoms with Crippen LogP contribution in [0.15, 0.2) is 4.52 Å². The molecule has 0 aliphatic carbocycles. The van der Waals surface area contributed by atoms with Gasteiger partial charge in [0, 0.05) is 6.92 Å². The van der Waals surface area contributed by atoms with Crippen molar-refractivity contribution in [2.75, 3.05) is 6.61 Å². The first-order valence-corrected chi connectivity index (χ1v) is 3.21. The van der Waals surface area contributed by atoms with E-state index >= 15 is 0 Å². The van der Waals surface area contributed by atoms with E-state index in [-0.39, 0.29) is 5.82 Å². The van der Waals surface area contributed by atoms with E-state index in [9.17, 15) is 4.79 Å². The van der Waals surface area contributed by atoms with Gasteiger partial charge in [0.15, 0.2) is 0 Å². The summed E-state index contributed by atoms with van der Waals surface area (Å²) in [6, 6.07) is 0. The van der Waals surface area contributed by atoms with Crippen molar-refractivity contribution in [1.82, 2.24) is 10.1 Å². The quantitative estimate of drug-likeness (QED) is 0.585. The molecule has 11 heavy (non-hydrogen) atoms. The molecule has 0 spiro atoms. The lowest BCUT2D eigenvalue weighted by Crippen LogP contribution is -2.06. The van der Waals surface area contributed by atoms with Crippen molar-refractivity contribution >= 4 is 5.97 Å². The van der Waals surface area contributed by atoms with Crippen LogP contribution < -0.4 is 0 Å². The number of esters is 1. The van der Waals surface area contributed by atoms with Gasteiger partial charge >= 0.3 is 5.97 Å². The van der Waals surface area contributed by atoms with Crippen LogP contribution in [0.3, 0.4) is 0 Å². The average Bonchev–Trinajstić information content (AvgIpc) is 2.36. The average molecular weight is 156 g/mol. The molecule has 0 unspecified atom stereocenters. The fourth-order valence-corrected chi connectivity index (χ4v) is 0.578. The van der Waals surface area contributed by atoms with Gasteiger partial charge in [-0.3, -0.25) is 0 Å². The molecule has 1 aromatic rings. The van der Waals surface area contributed by atoms with Crippen LogP contribution in [-0.2, 0) is 4.74 Å². The largest absolute Gasteiger partial charge is 0.460 e. The summed E-state index contributed by atoms with van der Waals surface area (Å²) < 4.78 is 9.19. The molecular weight excluding hydrogens is 148 g/mol. The fraction of sp³-hybridized carbons (Fsp3) is 0.500. The number of nitrogens with zero attached hydrogens (tertiary/aromatic N) is 2. The van der Waals surface area contributed by atoms with Crippen LogP contribution in [-0.4, -0.2) is 22.7 Å². The van der Waals surface area contributed by atoms with Gasteiger partial charge in [0.1, 0.15) is 0 Å². The van der Waals surface area contributed by atoms with E-state index in [1.807, 2.05) is 0 Å². The van der Waals surface area contributed by atoms with Crippen LogP contribution in [0.2, 0.25) is 0 Å². The third-order valence-electron chi connectivity index (χ3n) is 0.986. The minimum absolute atomic E-state index is 0.0237. The van der Waals surface area contributed by atoms with E-state index in [1.165, 1.54) is 0 Å². The molecule has 0 saturated carbocycles. The second-order valence-electron chi connectivity index (χ2n) is 1.86. The van der Waals surface area contributed by atoms with Crippen molar-refractivity contribution in [1.29, 1.82) is 0 Å². The highest BCUT2D eigenvalue weighted by Gasteiger charge is 2.12. The van der Waals surface area contributed by atoms with Gasteiger partial charge < -0.3 is 9.26 Å². The first-order valence-electron chi connectivity index (χ1n) is 3.21. The molecular formula is C6H8N2O3. The van der Waals surface area contributed by atoms with Crippen LogP contribution >= 0.6 is 0 Å². The van der Waals surface area contributed by atoms with Crippen molar-refractivity contribution in [3.63, 3.8) is 0 Å². The zero-order valence-corrected chi connectivity index (χ0v) is 6.33. The minimum atomic E-state index is -0.552. The summed E-state index contributed by atoms with van der Waals surface area (Å²) in [5, 5.41) is 3.37. The SMILES string of the molecule is CCOC(=O)c1noc(C)n1. The molecule has 5 heteroatoms. The van der Waals surface area contributed by atoms with Crippen molar-refractivity contribution in [3.8, 4) is 0 Å². The fourth-order valence-electron chi connectivity index (χ4n) is 0.578. The summed E-state index contributed by atoms with van der Waals surface area (Å²) in [6.45, 7) is 3.63. The molecule has 1 heterocycles. The standard InChI is InChI=1S/C6H8N2O3/c1-3-10-6(9)5-7-4(2)11-8-5/h3H2,1-2H3. The normalized spacial score (nSPS) is 9.64. The molecule has 1 rings (SSSR count). The topological polar surface area (TPSA) is 65.2 Å². The van der Waals surface area contributed by atoms with E-state index in [0.29, 0.717) is 12.5 Å². The summed E-state index contributed by atoms with van der Waals surface area (Å²) in [5.74, 6) is -0.221. The van der Waals surface area contributed by atoms with Gasteiger partial charge in [-0.2, -0.15) is 4.98 Å². The molecule has 0 atom stereocenters. The Bertz CT molecular complexity index is 256. The number of hydrogen-bond acceptors (Lipinski definition) is 5. The predicted molar refractivity (Wildman–Crippen MR) is 35.0 cm³/mol. The molecule has 0 bridgehead atoms. The molecule has 0 radical (unpaired) electrons. The highest BCUT2D eigenvalue weighted by Crippen LogP contribution is 1.96.